The van der Waals surface area contributed by atoms with Crippen LogP contribution in [0, 0.1) is 5.92 Å². The van der Waals surface area contributed by atoms with Crippen LogP contribution in [0.5, 0.6) is 0 Å². The average molecular weight is 355 g/mol. The number of nitrogens with one attached hydrogen (secondary N) is 1. The van der Waals surface area contributed by atoms with E-state index < -0.39 is 0 Å². The Kier molecular flexibility index (Phi) is 5.86. The minimum Gasteiger partial charge on any atom is -0.379 e. The predicted octanol–water partition coefficient (Wildman–Crippen LogP) is 4.55. The van der Waals surface area contributed by atoms with Crippen LogP contribution in [-0.4, -0.2) is 30.3 Å². The highest BCUT2D eigenvalue weighted by Crippen LogP contribution is 2.32. The van der Waals surface area contributed by atoms with Gasteiger partial charge in [0, 0.05) is 35.3 Å². The second-order valence-corrected chi connectivity index (χ2v) is 9.06. The van der Waals surface area contributed by atoms with Gasteiger partial charge in [-0.25, -0.2) is 0 Å². The molecule has 26 heavy (non-hydrogen) atoms. The highest BCUT2D eigenvalue weighted by Gasteiger charge is 2.29. The SMILES string of the molecule is CN(C)Cc1ccc2c(c1)C(=CC(=O)C1CCCCCC1)NC(C)(C)C2. The van der Waals surface area contributed by atoms with Gasteiger partial charge in [0.2, 0.25) is 0 Å². The maximum Gasteiger partial charge on any atom is 0.160 e. The van der Waals surface area contributed by atoms with E-state index in [4.69, 9.17) is 0 Å². The molecule has 142 valence electrons. The Labute approximate surface area is 158 Å². The van der Waals surface area contributed by atoms with Gasteiger partial charge >= 0.3 is 0 Å². The van der Waals surface area contributed by atoms with Gasteiger partial charge in [0.1, 0.15) is 0 Å². The standard InChI is InChI=1S/C23H34N2O/c1-23(2)15-19-12-11-17(16-25(3)4)13-20(19)21(24-23)14-22(26)18-9-7-5-6-8-10-18/h11-14,18,24H,5-10,15-16H2,1-4H3. The molecule has 0 amide bonds. The van der Waals surface area contributed by atoms with Crippen LogP contribution in [-0.2, 0) is 17.8 Å². The van der Waals surface area contributed by atoms with Gasteiger partial charge in [-0.3, -0.25) is 4.79 Å². The summed E-state index contributed by atoms with van der Waals surface area (Å²) in [4.78, 5) is 15.2. The first-order chi connectivity index (χ1) is 12.3. The number of hydrogen-bond acceptors (Lipinski definition) is 3. The molecule has 1 aromatic rings. The summed E-state index contributed by atoms with van der Waals surface area (Å²) in [5.41, 5.74) is 4.85. The van der Waals surface area contributed by atoms with Crippen LogP contribution in [0.3, 0.4) is 0 Å². The summed E-state index contributed by atoms with van der Waals surface area (Å²) in [5, 5.41) is 3.64. The van der Waals surface area contributed by atoms with E-state index in [0.717, 1.165) is 31.5 Å². The highest BCUT2D eigenvalue weighted by molar-refractivity contribution is 5.98. The van der Waals surface area contributed by atoms with Crippen LogP contribution >= 0.6 is 0 Å². The maximum absolute atomic E-state index is 13.0. The number of benzene rings is 1. The van der Waals surface area contributed by atoms with Gasteiger partial charge in [0.05, 0.1) is 0 Å². The van der Waals surface area contributed by atoms with Gasteiger partial charge in [-0.15, -0.1) is 0 Å². The van der Waals surface area contributed by atoms with Gasteiger partial charge in [-0.05, 0) is 64.4 Å². The topological polar surface area (TPSA) is 32.3 Å². The Morgan fingerprint density at radius 1 is 1.19 bits per heavy atom. The molecule has 1 saturated carbocycles. The number of nitrogens with zero attached hydrogens (tertiary/aromatic N) is 1. The molecular weight excluding hydrogens is 320 g/mol. The molecule has 0 spiro atoms. The lowest BCUT2D eigenvalue weighted by atomic mass is 9.84. The number of ketones is 1. The molecule has 1 N–H and O–H groups in total. The fourth-order valence-corrected chi connectivity index (χ4v) is 4.38. The van der Waals surface area contributed by atoms with Gasteiger partial charge in [-0.1, -0.05) is 37.8 Å². The minimum atomic E-state index is -0.0222. The van der Waals surface area contributed by atoms with Crippen LogP contribution < -0.4 is 5.32 Å². The molecule has 1 heterocycles. The molecule has 0 aromatic heterocycles. The van der Waals surface area contributed by atoms with Crippen molar-refractivity contribution in [1.82, 2.24) is 10.2 Å². The first-order valence-electron chi connectivity index (χ1n) is 10.1. The predicted molar refractivity (Wildman–Crippen MR) is 109 cm³/mol. The average Bonchev–Trinajstić information content (AvgIpc) is 2.83. The zero-order valence-electron chi connectivity index (χ0n) is 16.9. The second-order valence-electron chi connectivity index (χ2n) is 9.06. The molecule has 0 radical (unpaired) electrons. The van der Waals surface area contributed by atoms with Gasteiger partial charge in [-0.2, -0.15) is 0 Å². The van der Waals surface area contributed by atoms with Crippen LogP contribution in [0.15, 0.2) is 24.3 Å². The molecule has 0 atom stereocenters. The Morgan fingerprint density at radius 2 is 1.88 bits per heavy atom. The molecule has 1 aromatic carbocycles. The number of fused-ring (bicyclic) bond motifs is 1. The summed E-state index contributed by atoms with van der Waals surface area (Å²) < 4.78 is 0. The molecule has 0 unspecified atom stereocenters. The molecule has 2 aliphatic rings. The van der Waals surface area contributed by atoms with E-state index >= 15 is 0 Å². The van der Waals surface area contributed by atoms with Crippen molar-refractivity contribution in [2.24, 2.45) is 5.92 Å². The Morgan fingerprint density at radius 3 is 2.54 bits per heavy atom. The molecule has 3 nitrogen and oxygen atoms in total. The fourth-order valence-electron chi connectivity index (χ4n) is 4.38. The molecule has 3 heteroatoms. The molecule has 1 aliphatic heterocycles. The van der Waals surface area contributed by atoms with Crippen molar-refractivity contribution in [2.45, 2.75) is 70.9 Å². The monoisotopic (exact) mass is 354 g/mol. The van der Waals surface area contributed by atoms with Crippen molar-refractivity contribution in [1.29, 1.82) is 0 Å². The lowest BCUT2D eigenvalue weighted by Gasteiger charge is -2.36. The van der Waals surface area contributed by atoms with Crippen LogP contribution in [0.2, 0.25) is 0 Å². The zero-order valence-corrected chi connectivity index (χ0v) is 16.9. The number of carbonyl (C=O) groups excluding carboxylic acids is 1. The number of allylic oxidation sites excluding steroid dienone is 1. The van der Waals surface area contributed by atoms with Crippen molar-refractivity contribution in [3.63, 3.8) is 0 Å². The van der Waals surface area contributed by atoms with E-state index in [1.54, 1.807) is 0 Å². The lowest BCUT2D eigenvalue weighted by molar-refractivity contribution is -0.118. The van der Waals surface area contributed by atoms with Crippen molar-refractivity contribution in [2.75, 3.05) is 14.1 Å². The number of rotatable bonds is 4. The van der Waals surface area contributed by atoms with Crippen molar-refractivity contribution >= 4 is 11.5 Å². The molecule has 1 aliphatic carbocycles. The molecule has 3 rings (SSSR count). The number of hydrogen-bond donors (Lipinski definition) is 1. The van der Waals surface area contributed by atoms with Crippen LogP contribution in [0.25, 0.3) is 5.70 Å². The number of carbonyl (C=O) groups is 1. The van der Waals surface area contributed by atoms with Crippen molar-refractivity contribution in [3.05, 3.63) is 41.0 Å². The van der Waals surface area contributed by atoms with Crippen molar-refractivity contribution in [3.8, 4) is 0 Å². The highest BCUT2D eigenvalue weighted by atomic mass is 16.1. The first kappa shape index (κ1) is 19.2. The summed E-state index contributed by atoms with van der Waals surface area (Å²) in [6.45, 7) is 5.35. The van der Waals surface area contributed by atoms with Crippen LogP contribution in [0.4, 0.5) is 0 Å². The Bertz CT molecular complexity index is 679. The molecular formula is C23H34N2O. The van der Waals surface area contributed by atoms with E-state index in [-0.39, 0.29) is 11.5 Å². The summed E-state index contributed by atoms with van der Waals surface area (Å²) in [5.74, 6) is 0.529. The van der Waals surface area contributed by atoms with E-state index in [1.165, 1.54) is 42.4 Å². The quantitative estimate of drug-likeness (QED) is 0.636. The third-order valence-corrected chi connectivity index (χ3v) is 5.61. The fraction of sp³-hybridized carbons (Fsp3) is 0.609. The Balaban J connectivity index is 1.91. The summed E-state index contributed by atoms with van der Waals surface area (Å²) in [7, 11) is 4.18. The molecule has 1 fully saturated rings. The summed E-state index contributed by atoms with van der Waals surface area (Å²) in [6, 6.07) is 6.75. The normalized spacial score (nSPS) is 22.0. The van der Waals surface area contributed by atoms with E-state index in [9.17, 15) is 4.79 Å². The summed E-state index contributed by atoms with van der Waals surface area (Å²) >= 11 is 0. The van der Waals surface area contributed by atoms with Crippen LogP contribution in [0.1, 0.15) is 69.1 Å². The molecule has 0 saturated heterocycles. The smallest absolute Gasteiger partial charge is 0.160 e. The maximum atomic E-state index is 13.0. The second kappa shape index (κ2) is 7.96. The zero-order chi connectivity index (χ0) is 18.7. The van der Waals surface area contributed by atoms with Crippen molar-refractivity contribution < 1.29 is 4.79 Å². The molecule has 0 bridgehead atoms. The minimum absolute atomic E-state index is 0.0222. The summed E-state index contributed by atoms with van der Waals surface area (Å²) in [6.07, 6.45) is 9.96. The van der Waals surface area contributed by atoms with E-state index in [2.05, 4.69) is 56.4 Å². The largest absolute Gasteiger partial charge is 0.379 e. The lowest BCUT2D eigenvalue weighted by Crippen LogP contribution is -2.44. The van der Waals surface area contributed by atoms with Gasteiger partial charge < -0.3 is 10.2 Å². The van der Waals surface area contributed by atoms with E-state index in [1.807, 2.05) is 6.08 Å². The third kappa shape index (κ3) is 4.76. The Hall–Kier alpha value is -1.61. The first-order valence-corrected chi connectivity index (χ1v) is 10.1. The van der Waals surface area contributed by atoms with Gasteiger partial charge in [0.15, 0.2) is 5.78 Å². The third-order valence-electron chi connectivity index (χ3n) is 5.61. The van der Waals surface area contributed by atoms with E-state index in [0.29, 0.717) is 5.78 Å². The van der Waals surface area contributed by atoms with Gasteiger partial charge in [0.25, 0.3) is 0 Å².